The minimum atomic E-state index is -7.22. The number of hydrogen-bond donors (Lipinski definition) is 0. The molecule has 0 radical (unpaired) electrons. The Morgan fingerprint density at radius 2 is 0.677 bits per heavy atom. The van der Waals surface area contributed by atoms with Crippen molar-refractivity contribution in [3.63, 3.8) is 0 Å². The van der Waals surface area contributed by atoms with E-state index >= 15 is 35.1 Å². The number of hydrogen-bond acceptors (Lipinski definition) is 0. The van der Waals surface area contributed by atoms with Crippen molar-refractivity contribution in [3.8, 4) is 0 Å². The van der Waals surface area contributed by atoms with Crippen LogP contribution < -0.4 is 43.1 Å². The number of rotatable bonds is 7. The van der Waals surface area contributed by atoms with Crippen LogP contribution in [0.4, 0.5) is 87.8 Å². The van der Waals surface area contributed by atoms with Gasteiger partial charge in [-0.05, 0) is 42.0 Å². The van der Waals surface area contributed by atoms with Crippen LogP contribution in [0.2, 0.25) is 0 Å². The quantitative estimate of drug-likeness (QED) is 0.0529. The van der Waals surface area contributed by atoms with E-state index in [9.17, 15) is 52.7 Å². The summed E-state index contributed by atoms with van der Waals surface area (Å²) < 4.78 is 297. The molecule has 0 saturated carbocycles. The fourth-order valence-electron chi connectivity index (χ4n) is 6.70. The zero-order valence-corrected chi connectivity index (χ0v) is 33.1. The predicted octanol–water partition coefficient (Wildman–Crippen LogP) is 7.30. The Kier molecular flexibility index (Phi) is 13.6. The van der Waals surface area contributed by atoms with E-state index in [1.807, 2.05) is 0 Å². The zero-order valence-electron chi connectivity index (χ0n) is 30.9. The normalized spacial score (nSPS) is 15.3. The number of halogens is 21. The molecule has 0 saturated heterocycles. The SMILES string of the molecule is CC(C)C1(C)C=CC([I+]c2ccccc2)=CC1.Fc1c(F)c(F)c([B-](c2c(F)c(F)c(F)c(F)c2F)(c2c(F)c(F)c(F)c(F)c2F)c2c(F)c(F)c(F)c(F)c2F)c(F)c1F. The van der Waals surface area contributed by atoms with E-state index in [1.165, 1.54) is 9.99 Å². The van der Waals surface area contributed by atoms with Crippen LogP contribution in [0.5, 0.6) is 0 Å². The molecule has 1 aliphatic carbocycles. The maximum atomic E-state index is 15.4. The topological polar surface area (TPSA) is 0 Å². The van der Waals surface area contributed by atoms with Crippen LogP contribution >= 0.6 is 0 Å². The first-order chi connectivity index (χ1) is 28.8. The third-order valence-corrected chi connectivity index (χ3v) is 13.1. The molecule has 0 nitrogen and oxygen atoms in total. The third-order valence-electron chi connectivity index (χ3n) is 10.3. The molecule has 62 heavy (non-hydrogen) atoms. The van der Waals surface area contributed by atoms with Crippen molar-refractivity contribution < 1.29 is 109 Å². The molecule has 0 spiro atoms. The largest absolute Gasteiger partial charge is 0.357 e. The summed E-state index contributed by atoms with van der Waals surface area (Å²) in [5.74, 6) is -70.7. The van der Waals surface area contributed by atoms with E-state index in [0.717, 1.165) is 0 Å². The molecule has 330 valence electrons. The van der Waals surface area contributed by atoms with Gasteiger partial charge in [0.05, 0.1) is 0 Å². The van der Waals surface area contributed by atoms with Gasteiger partial charge in [-0.3, -0.25) is 0 Å². The molecule has 0 fully saturated rings. The number of benzene rings is 5. The van der Waals surface area contributed by atoms with Gasteiger partial charge in [0, 0.05) is 0 Å². The highest BCUT2D eigenvalue weighted by atomic mass is 127. The lowest BCUT2D eigenvalue weighted by Crippen LogP contribution is -3.60. The molecule has 1 atom stereocenters. The predicted molar refractivity (Wildman–Crippen MR) is 179 cm³/mol. The molecular weight excluding hydrogens is 998 g/mol. The lowest BCUT2D eigenvalue weighted by atomic mass is 9.12. The van der Waals surface area contributed by atoms with Gasteiger partial charge in [-0.1, -0.05) is 45.0 Å². The van der Waals surface area contributed by atoms with Gasteiger partial charge in [0.1, 0.15) is 52.7 Å². The molecular formula is C40H20BF20I. The number of allylic oxidation sites excluding steroid dienone is 4. The third kappa shape index (κ3) is 7.62. The van der Waals surface area contributed by atoms with Gasteiger partial charge < -0.3 is 0 Å². The highest BCUT2D eigenvalue weighted by Gasteiger charge is 2.52. The summed E-state index contributed by atoms with van der Waals surface area (Å²) in [6, 6.07) is 10.9. The first-order valence-electron chi connectivity index (χ1n) is 17.1. The maximum absolute atomic E-state index is 15.4. The van der Waals surface area contributed by atoms with Crippen molar-refractivity contribution in [2.75, 3.05) is 0 Å². The summed E-state index contributed by atoms with van der Waals surface area (Å²) in [5, 5.41) is 0. The van der Waals surface area contributed by atoms with Gasteiger partial charge in [-0.15, -0.1) is 21.9 Å². The molecule has 6 rings (SSSR count). The standard InChI is InChI=1S/C24BF20.C16H20I/c26-5-1(6(27)14(35)21(42)13(5)34)25(2-7(28)15(36)22(43)16(37)8(2)29,3-9(30)17(38)23(44)18(39)10(3)31)4-11(32)19(40)24(45)20(41)12(4)33;1-13(2)16(3)11-9-15(10-12-16)17-14-7-5-4-6-8-14/h;4-11,13H,12H2,1-3H3/q-1;+1. The van der Waals surface area contributed by atoms with Crippen molar-refractivity contribution in [2.45, 2.75) is 27.2 Å². The van der Waals surface area contributed by atoms with Crippen molar-refractivity contribution in [1.29, 1.82) is 0 Å². The fourth-order valence-corrected chi connectivity index (χ4v) is 8.99. The monoisotopic (exact) mass is 1020 g/mol. The van der Waals surface area contributed by atoms with Gasteiger partial charge in [0.2, 0.25) is 0 Å². The minimum absolute atomic E-state index is 0.0179. The average Bonchev–Trinajstić information content (AvgIpc) is 3.25. The van der Waals surface area contributed by atoms with Crippen molar-refractivity contribution >= 4 is 28.0 Å². The van der Waals surface area contributed by atoms with Crippen LogP contribution in [-0.4, -0.2) is 6.15 Å². The van der Waals surface area contributed by atoms with Gasteiger partial charge in [-0.25, -0.2) is 87.8 Å². The van der Waals surface area contributed by atoms with Crippen LogP contribution in [0, 0.1) is 131 Å². The molecule has 0 amide bonds. The molecule has 1 unspecified atom stereocenters. The second-order valence-corrected chi connectivity index (χ2v) is 17.0. The maximum Gasteiger partial charge on any atom is 0.357 e. The Morgan fingerprint density at radius 3 is 0.903 bits per heavy atom. The van der Waals surface area contributed by atoms with Crippen molar-refractivity contribution in [1.82, 2.24) is 0 Å². The van der Waals surface area contributed by atoms with Crippen molar-refractivity contribution in [3.05, 3.63) is 172 Å². The van der Waals surface area contributed by atoms with Crippen LogP contribution in [-0.2, 0) is 0 Å². The smallest absolute Gasteiger partial charge is 0.207 e. The highest BCUT2D eigenvalue weighted by Crippen LogP contribution is 2.36. The fraction of sp³-hybridized carbons (Fsp3) is 0.150. The van der Waals surface area contributed by atoms with Crippen LogP contribution in [0.3, 0.4) is 0 Å². The van der Waals surface area contributed by atoms with Gasteiger partial charge in [0.25, 0.3) is 0 Å². The second-order valence-electron chi connectivity index (χ2n) is 14.0. The van der Waals surface area contributed by atoms with Crippen LogP contribution in [0.15, 0.2) is 52.1 Å². The summed E-state index contributed by atoms with van der Waals surface area (Å²) in [4.78, 5) is 0. The van der Waals surface area contributed by atoms with E-state index in [-0.39, 0.29) is 21.2 Å². The van der Waals surface area contributed by atoms with Gasteiger partial charge in [0.15, 0.2) is 77.0 Å². The summed E-state index contributed by atoms with van der Waals surface area (Å²) >= 11 is 0.0179. The highest BCUT2D eigenvalue weighted by molar-refractivity contribution is 7.20. The lowest BCUT2D eigenvalue weighted by molar-refractivity contribution is -0.572. The Bertz CT molecular complexity index is 2300. The lowest BCUT2D eigenvalue weighted by Gasteiger charge is -2.44. The van der Waals surface area contributed by atoms with Crippen molar-refractivity contribution in [2.24, 2.45) is 11.3 Å². The zero-order chi connectivity index (χ0) is 46.7. The summed E-state index contributed by atoms with van der Waals surface area (Å²) in [7, 11) is 0. The first-order valence-corrected chi connectivity index (χ1v) is 19.3. The molecule has 5 aromatic rings. The average molecular weight is 1020 g/mol. The summed E-state index contributed by atoms with van der Waals surface area (Å²) in [6.07, 6.45) is 1.23. The Morgan fingerprint density at radius 1 is 0.419 bits per heavy atom. The van der Waals surface area contributed by atoms with E-state index in [4.69, 9.17) is 0 Å². The summed E-state index contributed by atoms with van der Waals surface area (Å²) in [6.45, 7) is 6.99. The Hall–Kier alpha value is -5.03. The Labute approximate surface area is 346 Å². The Balaban J connectivity index is 0.000000355. The molecule has 0 heterocycles. The molecule has 0 N–H and O–H groups in total. The van der Waals surface area contributed by atoms with Crippen LogP contribution in [0.1, 0.15) is 27.2 Å². The molecule has 0 aromatic heterocycles. The molecule has 1 aliphatic rings. The summed E-state index contributed by atoms with van der Waals surface area (Å²) in [5.41, 5.74) is -14.0. The first kappa shape index (κ1) is 48.0. The van der Waals surface area contributed by atoms with E-state index in [0.29, 0.717) is 11.3 Å². The molecule has 22 heteroatoms. The van der Waals surface area contributed by atoms with Crippen LogP contribution in [0.25, 0.3) is 0 Å². The molecule has 0 bridgehead atoms. The van der Waals surface area contributed by atoms with Gasteiger partial charge in [-0.2, -0.15) is 0 Å². The van der Waals surface area contributed by atoms with E-state index in [2.05, 4.69) is 69.3 Å². The second kappa shape index (κ2) is 17.6. The minimum Gasteiger partial charge on any atom is -0.207 e. The molecule has 0 aliphatic heterocycles. The van der Waals surface area contributed by atoms with E-state index in [1.54, 1.807) is 3.58 Å². The molecule has 5 aromatic carbocycles. The van der Waals surface area contributed by atoms with Gasteiger partial charge >= 0.3 is 21.2 Å². The van der Waals surface area contributed by atoms with E-state index < -0.39 is 144 Å².